The van der Waals surface area contributed by atoms with Gasteiger partial charge in [-0.25, -0.2) is 4.98 Å². The van der Waals surface area contributed by atoms with Gasteiger partial charge in [0.15, 0.2) is 0 Å². The van der Waals surface area contributed by atoms with Crippen LogP contribution in [0.4, 0.5) is 5.82 Å². The number of rotatable bonds is 2. The number of nitrogens with zero attached hydrogens (tertiary/aromatic N) is 4. The Bertz CT molecular complexity index is 742. The number of anilines is 1. The smallest absolute Gasteiger partial charge is 0.129 e. The van der Waals surface area contributed by atoms with E-state index in [9.17, 15) is 0 Å². The van der Waals surface area contributed by atoms with Crippen molar-refractivity contribution in [3.8, 4) is 0 Å². The summed E-state index contributed by atoms with van der Waals surface area (Å²) in [7, 11) is 0. The summed E-state index contributed by atoms with van der Waals surface area (Å²) < 4.78 is 2.03. The number of aryl methyl sites for hydroxylation is 1. The number of hydrogen-bond donors (Lipinski definition) is 0. The fraction of sp³-hybridized carbons (Fsp3) is 0.250. The van der Waals surface area contributed by atoms with E-state index in [-0.39, 0.29) is 0 Å². The molecule has 0 atom stereocenters. The summed E-state index contributed by atoms with van der Waals surface area (Å²) in [6, 6.07) is 12.9. The second-order valence-corrected chi connectivity index (χ2v) is 5.36. The lowest BCUT2D eigenvalue weighted by atomic mass is 10.1. The van der Waals surface area contributed by atoms with Crippen molar-refractivity contribution in [1.29, 1.82) is 0 Å². The molecule has 0 radical (unpaired) electrons. The Kier molecular flexibility index (Phi) is 2.49. The largest absolute Gasteiger partial charge is 0.352 e. The van der Waals surface area contributed by atoms with E-state index in [4.69, 9.17) is 4.98 Å². The maximum absolute atomic E-state index is 4.77. The van der Waals surface area contributed by atoms with Crippen LogP contribution < -0.4 is 4.90 Å². The van der Waals surface area contributed by atoms with Gasteiger partial charge >= 0.3 is 0 Å². The Morgan fingerprint density at radius 2 is 2.00 bits per heavy atom. The van der Waals surface area contributed by atoms with Crippen molar-refractivity contribution < 1.29 is 0 Å². The molecule has 2 aromatic heterocycles. The first kappa shape index (κ1) is 11.5. The average Bonchev–Trinajstić information content (AvgIpc) is 2.91. The van der Waals surface area contributed by atoms with Crippen molar-refractivity contribution in [1.82, 2.24) is 14.8 Å². The Hall–Kier alpha value is -2.36. The van der Waals surface area contributed by atoms with E-state index in [1.165, 1.54) is 10.9 Å². The van der Waals surface area contributed by atoms with Gasteiger partial charge in [0.25, 0.3) is 0 Å². The molecule has 0 bridgehead atoms. The quantitative estimate of drug-likeness (QED) is 0.713. The lowest BCUT2D eigenvalue weighted by Crippen LogP contribution is -2.48. The lowest BCUT2D eigenvalue weighted by molar-refractivity contribution is 0.366. The van der Waals surface area contributed by atoms with Gasteiger partial charge in [0.1, 0.15) is 5.82 Å². The third-order valence-corrected chi connectivity index (χ3v) is 3.99. The third-order valence-electron chi connectivity index (χ3n) is 3.99. The Balaban J connectivity index is 1.61. The van der Waals surface area contributed by atoms with Gasteiger partial charge in [-0.3, -0.25) is 4.68 Å². The highest BCUT2D eigenvalue weighted by Gasteiger charge is 2.29. The van der Waals surface area contributed by atoms with Gasteiger partial charge < -0.3 is 4.90 Å². The Morgan fingerprint density at radius 3 is 2.80 bits per heavy atom. The molecule has 1 aliphatic heterocycles. The molecule has 4 heteroatoms. The molecule has 20 heavy (non-hydrogen) atoms. The minimum Gasteiger partial charge on any atom is -0.352 e. The van der Waals surface area contributed by atoms with E-state index in [2.05, 4.69) is 41.2 Å². The highest BCUT2D eigenvalue weighted by atomic mass is 15.4. The molecule has 0 spiro atoms. The molecule has 100 valence electrons. The number of aromatic nitrogens is 3. The molecule has 3 aromatic rings. The predicted octanol–water partition coefficient (Wildman–Crippen LogP) is 2.80. The summed E-state index contributed by atoms with van der Waals surface area (Å²) in [5.74, 6) is 1.07. The fourth-order valence-electron chi connectivity index (χ4n) is 2.80. The minimum atomic E-state index is 0.471. The van der Waals surface area contributed by atoms with E-state index < -0.39 is 0 Å². The van der Waals surface area contributed by atoms with Gasteiger partial charge in [-0.1, -0.05) is 18.2 Å². The fourth-order valence-corrected chi connectivity index (χ4v) is 2.80. The molecule has 1 saturated heterocycles. The third kappa shape index (κ3) is 1.76. The summed E-state index contributed by atoms with van der Waals surface area (Å²) in [4.78, 5) is 7.08. The molecular formula is C16H16N4. The summed E-state index contributed by atoms with van der Waals surface area (Å²) in [6.45, 7) is 4.11. The minimum absolute atomic E-state index is 0.471. The molecule has 1 fully saturated rings. The number of para-hydroxylation sites is 1. The van der Waals surface area contributed by atoms with Crippen molar-refractivity contribution in [3.05, 3.63) is 54.4 Å². The summed E-state index contributed by atoms with van der Waals surface area (Å²) >= 11 is 0. The Labute approximate surface area is 117 Å². The zero-order valence-electron chi connectivity index (χ0n) is 11.4. The molecule has 0 unspecified atom stereocenters. The van der Waals surface area contributed by atoms with Crippen LogP contribution in [-0.2, 0) is 0 Å². The van der Waals surface area contributed by atoms with Crippen LogP contribution in [0.5, 0.6) is 0 Å². The van der Waals surface area contributed by atoms with Crippen LogP contribution in [0.25, 0.3) is 10.9 Å². The maximum Gasteiger partial charge on any atom is 0.129 e. The molecule has 0 amide bonds. The van der Waals surface area contributed by atoms with Gasteiger partial charge in [0.2, 0.25) is 0 Å². The highest BCUT2D eigenvalue weighted by molar-refractivity contribution is 5.83. The standard InChI is InChI=1S/C16H16N4/c1-12-9-16(18-15-6-3-2-5-14(12)15)19-10-13(11-19)20-8-4-7-17-20/h2-9,13H,10-11H2,1H3. The SMILES string of the molecule is Cc1cc(N2CC(n3cccn3)C2)nc2ccccc12. The van der Waals surface area contributed by atoms with E-state index in [0.29, 0.717) is 6.04 Å². The van der Waals surface area contributed by atoms with Crippen LogP contribution in [0.15, 0.2) is 48.8 Å². The van der Waals surface area contributed by atoms with Gasteiger partial charge in [0, 0.05) is 30.9 Å². The molecule has 4 nitrogen and oxygen atoms in total. The number of pyridine rings is 1. The second-order valence-electron chi connectivity index (χ2n) is 5.36. The first-order valence-corrected chi connectivity index (χ1v) is 6.92. The van der Waals surface area contributed by atoms with E-state index >= 15 is 0 Å². The van der Waals surface area contributed by atoms with Gasteiger partial charge in [0.05, 0.1) is 11.6 Å². The van der Waals surface area contributed by atoms with Crippen LogP contribution in [-0.4, -0.2) is 27.9 Å². The topological polar surface area (TPSA) is 34.0 Å². The molecule has 0 saturated carbocycles. The van der Waals surface area contributed by atoms with E-state index in [1.54, 1.807) is 0 Å². The second kappa shape index (κ2) is 4.34. The predicted molar refractivity (Wildman–Crippen MR) is 80.0 cm³/mol. The molecule has 4 rings (SSSR count). The van der Waals surface area contributed by atoms with Crippen LogP contribution >= 0.6 is 0 Å². The normalized spacial score (nSPS) is 15.6. The Morgan fingerprint density at radius 1 is 1.15 bits per heavy atom. The molecule has 3 heterocycles. The first-order chi connectivity index (χ1) is 9.81. The summed E-state index contributed by atoms with van der Waals surface area (Å²) in [5, 5.41) is 5.54. The van der Waals surface area contributed by atoms with Gasteiger partial charge in [-0.05, 0) is 30.7 Å². The zero-order chi connectivity index (χ0) is 13.5. The first-order valence-electron chi connectivity index (χ1n) is 6.92. The van der Waals surface area contributed by atoms with Crippen molar-refractivity contribution in [2.45, 2.75) is 13.0 Å². The summed E-state index contributed by atoms with van der Waals surface area (Å²) in [6.07, 6.45) is 3.86. The maximum atomic E-state index is 4.77. The van der Waals surface area contributed by atoms with Crippen molar-refractivity contribution in [3.63, 3.8) is 0 Å². The lowest BCUT2D eigenvalue weighted by Gasteiger charge is -2.40. The van der Waals surface area contributed by atoms with Crippen LogP contribution in [0.2, 0.25) is 0 Å². The monoisotopic (exact) mass is 264 g/mol. The zero-order valence-corrected chi connectivity index (χ0v) is 11.4. The highest BCUT2D eigenvalue weighted by Crippen LogP contribution is 2.29. The number of fused-ring (bicyclic) bond motifs is 1. The molecule has 1 aliphatic rings. The van der Waals surface area contributed by atoms with Crippen molar-refractivity contribution in [2.24, 2.45) is 0 Å². The van der Waals surface area contributed by atoms with Crippen molar-refractivity contribution in [2.75, 3.05) is 18.0 Å². The molecular weight excluding hydrogens is 248 g/mol. The van der Waals surface area contributed by atoms with Crippen LogP contribution in [0, 0.1) is 6.92 Å². The number of hydrogen-bond acceptors (Lipinski definition) is 3. The van der Waals surface area contributed by atoms with Crippen molar-refractivity contribution >= 4 is 16.7 Å². The van der Waals surface area contributed by atoms with E-state index in [0.717, 1.165) is 24.4 Å². The molecule has 0 aliphatic carbocycles. The van der Waals surface area contributed by atoms with Gasteiger partial charge in [-0.2, -0.15) is 5.10 Å². The van der Waals surface area contributed by atoms with Gasteiger partial charge in [-0.15, -0.1) is 0 Å². The molecule has 0 N–H and O–H groups in total. The van der Waals surface area contributed by atoms with Crippen LogP contribution in [0.3, 0.4) is 0 Å². The summed E-state index contributed by atoms with van der Waals surface area (Å²) in [5.41, 5.74) is 2.36. The van der Waals surface area contributed by atoms with E-state index in [1.807, 2.05) is 29.2 Å². The van der Waals surface area contributed by atoms with Crippen LogP contribution in [0.1, 0.15) is 11.6 Å². The molecule has 1 aromatic carbocycles. The average molecular weight is 264 g/mol. The number of benzene rings is 1.